The summed E-state index contributed by atoms with van der Waals surface area (Å²) >= 11 is 6.46. The average molecular weight is 509 g/mol. The summed E-state index contributed by atoms with van der Waals surface area (Å²) in [5, 5.41) is 11.9. The van der Waals surface area contributed by atoms with Crippen LogP contribution in [0.1, 0.15) is 39.9 Å². The van der Waals surface area contributed by atoms with Gasteiger partial charge in [-0.05, 0) is 43.2 Å². The molecular formula is C27H22ClN4NaO3. The fourth-order valence-corrected chi connectivity index (χ4v) is 4.79. The van der Waals surface area contributed by atoms with Gasteiger partial charge in [-0.15, -0.1) is 0 Å². The molecular weight excluding hydrogens is 487 g/mol. The summed E-state index contributed by atoms with van der Waals surface area (Å²) in [4.78, 5) is 37.5. The Morgan fingerprint density at radius 3 is 2.58 bits per heavy atom. The Morgan fingerprint density at radius 1 is 1.11 bits per heavy atom. The molecule has 0 atom stereocenters. The number of carbonyl (C=O) groups is 1. The molecule has 0 aliphatic rings. The van der Waals surface area contributed by atoms with Gasteiger partial charge in [0.15, 0.2) is 5.65 Å². The number of H-pyrrole nitrogens is 1. The van der Waals surface area contributed by atoms with Crippen molar-refractivity contribution in [2.75, 3.05) is 0 Å². The van der Waals surface area contributed by atoms with E-state index in [1.54, 1.807) is 18.2 Å². The number of carboxylic acids is 1. The number of aryl methyl sites for hydroxylation is 3. The van der Waals surface area contributed by atoms with Crippen molar-refractivity contribution < 1.29 is 39.5 Å². The van der Waals surface area contributed by atoms with Crippen LogP contribution in [0.3, 0.4) is 0 Å². The molecule has 176 valence electrons. The number of carboxylic acid groups (broad SMARTS) is 1. The molecule has 7 nitrogen and oxygen atoms in total. The van der Waals surface area contributed by atoms with Crippen LogP contribution in [0.2, 0.25) is 5.02 Å². The Hall–Kier alpha value is -2.97. The van der Waals surface area contributed by atoms with Gasteiger partial charge in [0.2, 0.25) is 5.43 Å². The maximum Gasteiger partial charge on any atom is 1.00 e. The monoisotopic (exact) mass is 508 g/mol. The second-order valence-corrected chi connectivity index (χ2v) is 8.95. The molecule has 0 bridgehead atoms. The standard InChI is InChI=1S/C27H23ClN4O3.Na/c1-4-21-31-23-14(2)11-15(3)29-26(23)32(21)13-16-9-10-20-19(12-16)25(33)22(28)24(30-20)17-7-5-6-8-18(17)27(34)35;/h5-12H,4,13H2,1-3H3,(H,30,33)(H,34,35);/q;+1/p-1. The van der Waals surface area contributed by atoms with Crippen LogP contribution in [-0.2, 0) is 13.0 Å². The molecule has 5 aromatic rings. The third kappa shape index (κ3) is 4.48. The number of hydrogen-bond donors (Lipinski definition) is 1. The second kappa shape index (κ2) is 10.2. The number of carbonyl (C=O) groups excluding carboxylic acids is 1. The summed E-state index contributed by atoms with van der Waals surface area (Å²) < 4.78 is 2.08. The molecule has 0 unspecified atom stereocenters. The van der Waals surface area contributed by atoms with Crippen molar-refractivity contribution in [2.45, 2.75) is 33.7 Å². The van der Waals surface area contributed by atoms with Gasteiger partial charge in [-0.25, -0.2) is 9.97 Å². The Morgan fingerprint density at radius 2 is 1.86 bits per heavy atom. The largest absolute Gasteiger partial charge is 1.00 e. The molecule has 0 fully saturated rings. The zero-order chi connectivity index (χ0) is 24.9. The van der Waals surface area contributed by atoms with Gasteiger partial charge < -0.3 is 19.5 Å². The van der Waals surface area contributed by atoms with Gasteiger partial charge in [-0.3, -0.25) is 4.79 Å². The van der Waals surface area contributed by atoms with E-state index in [2.05, 4.69) is 16.5 Å². The number of imidazole rings is 1. The number of pyridine rings is 2. The molecule has 0 saturated carbocycles. The number of fused-ring (bicyclic) bond motifs is 2. The zero-order valence-electron chi connectivity index (χ0n) is 20.5. The van der Waals surface area contributed by atoms with Crippen molar-refractivity contribution in [3.63, 3.8) is 0 Å². The van der Waals surface area contributed by atoms with Gasteiger partial charge in [0, 0.05) is 34.1 Å². The number of benzene rings is 2. The van der Waals surface area contributed by atoms with E-state index in [0.29, 0.717) is 23.0 Å². The maximum absolute atomic E-state index is 13.2. The topological polar surface area (TPSA) is 104 Å². The molecule has 5 rings (SSSR count). The molecule has 0 radical (unpaired) electrons. The van der Waals surface area contributed by atoms with E-state index in [1.807, 2.05) is 38.1 Å². The quantitative estimate of drug-likeness (QED) is 0.359. The smallest absolute Gasteiger partial charge is 0.545 e. The van der Waals surface area contributed by atoms with E-state index < -0.39 is 5.97 Å². The van der Waals surface area contributed by atoms with Crippen LogP contribution in [0.15, 0.2) is 53.3 Å². The SMILES string of the molecule is CCc1nc2c(C)cc(C)nc2n1Cc1ccc2[nH]c(-c3ccccc3C(=O)[O-])c(Cl)c(=O)c2c1.[Na+]. The summed E-state index contributed by atoms with van der Waals surface area (Å²) in [5.74, 6) is -0.422. The van der Waals surface area contributed by atoms with Crippen LogP contribution < -0.4 is 40.1 Å². The fourth-order valence-electron chi connectivity index (χ4n) is 4.54. The molecule has 36 heavy (non-hydrogen) atoms. The molecule has 9 heteroatoms. The van der Waals surface area contributed by atoms with Gasteiger partial charge in [0.05, 0.1) is 18.2 Å². The predicted molar refractivity (Wildman–Crippen MR) is 135 cm³/mol. The number of nitrogens with zero attached hydrogens (tertiary/aromatic N) is 3. The number of aromatic amines is 1. The van der Waals surface area contributed by atoms with Crippen molar-refractivity contribution in [2.24, 2.45) is 0 Å². The molecule has 3 heterocycles. The van der Waals surface area contributed by atoms with Gasteiger partial charge in [-0.1, -0.05) is 48.9 Å². The first-order chi connectivity index (χ1) is 16.8. The number of nitrogens with one attached hydrogen (secondary N) is 1. The van der Waals surface area contributed by atoms with Crippen molar-refractivity contribution in [3.8, 4) is 11.3 Å². The number of rotatable bonds is 5. The van der Waals surface area contributed by atoms with Crippen LogP contribution in [0.25, 0.3) is 33.3 Å². The Bertz CT molecular complexity index is 1710. The molecule has 2 aromatic carbocycles. The molecule has 0 saturated heterocycles. The number of halogens is 1. The first-order valence-electron chi connectivity index (χ1n) is 11.3. The van der Waals surface area contributed by atoms with E-state index in [9.17, 15) is 14.7 Å². The predicted octanol–water partition coefficient (Wildman–Crippen LogP) is 1.19. The summed E-state index contributed by atoms with van der Waals surface area (Å²) in [6.45, 7) is 6.54. The maximum atomic E-state index is 13.2. The second-order valence-electron chi connectivity index (χ2n) is 8.58. The number of aromatic nitrogens is 4. The third-order valence-corrected chi connectivity index (χ3v) is 6.54. The number of aromatic carboxylic acids is 1. The van der Waals surface area contributed by atoms with Gasteiger partial charge in [-0.2, -0.15) is 0 Å². The normalized spacial score (nSPS) is 11.1. The summed E-state index contributed by atoms with van der Waals surface area (Å²) in [7, 11) is 0. The Kier molecular flexibility index (Phi) is 7.38. The minimum absolute atomic E-state index is 0. The van der Waals surface area contributed by atoms with Gasteiger partial charge in [0.25, 0.3) is 0 Å². The summed E-state index contributed by atoms with van der Waals surface area (Å²) in [5.41, 5.74) is 5.29. The van der Waals surface area contributed by atoms with Crippen molar-refractivity contribution in [1.29, 1.82) is 0 Å². The van der Waals surface area contributed by atoms with E-state index in [0.717, 1.165) is 40.2 Å². The van der Waals surface area contributed by atoms with E-state index in [-0.39, 0.29) is 51.3 Å². The Labute approximate surface area is 234 Å². The first kappa shape index (κ1) is 26.1. The van der Waals surface area contributed by atoms with E-state index in [1.165, 1.54) is 6.07 Å². The number of hydrogen-bond acceptors (Lipinski definition) is 5. The van der Waals surface area contributed by atoms with Crippen LogP contribution in [0.5, 0.6) is 0 Å². The van der Waals surface area contributed by atoms with Crippen molar-refractivity contribution >= 4 is 39.6 Å². The average Bonchev–Trinajstić information content (AvgIpc) is 3.19. The molecule has 0 aliphatic heterocycles. The molecule has 0 aliphatic carbocycles. The molecule has 1 N–H and O–H groups in total. The van der Waals surface area contributed by atoms with Crippen LogP contribution in [0, 0.1) is 13.8 Å². The van der Waals surface area contributed by atoms with Gasteiger partial charge in [0.1, 0.15) is 16.4 Å². The van der Waals surface area contributed by atoms with Crippen LogP contribution in [-0.4, -0.2) is 25.5 Å². The van der Waals surface area contributed by atoms with Crippen LogP contribution >= 0.6 is 11.6 Å². The van der Waals surface area contributed by atoms with Crippen molar-refractivity contribution in [1.82, 2.24) is 19.5 Å². The zero-order valence-corrected chi connectivity index (χ0v) is 23.2. The van der Waals surface area contributed by atoms with E-state index in [4.69, 9.17) is 21.6 Å². The van der Waals surface area contributed by atoms with Gasteiger partial charge >= 0.3 is 29.6 Å². The first-order valence-corrected chi connectivity index (χ1v) is 11.6. The summed E-state index contributed by atoms with van der Waals surface area (Å²) in [6.07, 6.45) is 0.746. The van der Waals surface area contributed by atoms with Crippen molar-refractivity contribution in [3.05, 3.63) is 92.0 Å². The summed E-state index contributed by atoms with van der Waals surface area (Å²) in [6, 6.07) is 13.9. The molecule has 0 amide bonds. The Balaban J connectivity index is 0.00000304. The van der Waals surface area contributed by atoms with Crippen LogP contribution in [0.4, 0.5) is 0 Å². The van der Waals surface area contributed by atoms with E-state index >= 15 is 0 Å². The fraction of sp³-hybridized carbons (Fsp3) is 0.185. The minimum Gasteiger partial charge on any atom is -0.545 e. The molecule has 0 spiro atoms. The third-order valence-electron chi connectivity index (χ3n) is 6.18. The minimum atomic E-state index is -1.34. The molecule has 3 aromatic heterocycles.